The summed E-state index contributed by atoms with van der Waals surface area (Å²) >= 11 is 0. The van der Waals surface area contributed by atoms with Crippen molar-refractivity contribution in [3.05, 3.63) is 29.8 Å². The first-order valence-corrected chi connectivity index (χ1v) is 6.21. The summed E-state index contributed by atoms with van der Waals surface area (Å²) in [5.74, 6) is 0.911. The summed E-state index contributed by atoms with van der Waals surface area (Å²) in [4.78, 5) is 11.6. The molecule has 0 fully saturated rings. The largest absolute Gasteiger partial charge is 0.497 e. The maximum atomic E-state index is 11.6. The Kier molecular flexibility index (Phi) is 5.65. The molecule has 100 valence electrons. The van der Waals surface area contributed by atoms with Crippen molar-refractivity contribution in [2.45, 2.75) is 26.3 Å². The molecule has 0 bridgehead atoms. The molecule has 0 unspecified atom stereocenters. The number of nitrogens with two attached hydrogens (primary N) is 1. The summed E-state index contributed by atoms with van der Waals surface area (Å²) in [7, 11) is 1.64. The molecule has 1 amide bonds. The number of nitrogens with one attached hydrogen (secondary N) is 1. The van der Waals surface area contributed by atoms with Crippen molar-refractivity contribution in [3.63, 3.8) is 0 Å². The van der Waals surface area contributed by atoms with Crippen LogP contribution in [0.5, 0.6) is 5.75 Å². The lowest BCUT2D eigenvalue weighted by Crippen LogP contribution is -2.44. The number of hydrogen-bond donors (Lipinski definition) is 2. The van der Waals surface area contributed by atoms with Gasteiger partial charge in [0, 0.05) is 6.54 Å². The third-order valence-electron chi connectivity index (χ3n) is 2.89. The number of carbonyl (C=O) groups excluding carboxylic acids is 1. The predicted octanol–water partition coefficient (Wildman–Crippen LogP) is 1.34. The fraction of sp³-hybridized carbons (Fsp3) is 0.500. The third-order valence-corrected chi connectivity index (χ3v) is 2.89. The van der Waals surface area contributed by atoms with Crippen LogP contribution in [0, 0.1) is 5.92 Å². The van der Waals surface area contributed by atoms with E-state index >= 15 is 0 Å². The molecule has 0 aliphatic carbocycles. The minimum absolute atomic E-state index is 0.0847. The number of benzene rings is 1. The number of rotatable bonds is 6. The van der Waals surface area contributed by atoms with Crippen LogP contribution in [0.4, 0.5) is 0 Å². The quantitative estimate of drug-likeness (QED) is 0.800. The van der Waals surface area contributed by atoms with E-state index in [1.807, 2.05) is 38.1 Å². The molecule has 1 atom stereocenters. The second kappa shape index (κ2) is 7.01. The molecule has 0 aromatic heterocycles. The SMILES string of the molecule is COc1ccc(CCNC(=O)[C@@H](N)C(C)C)cc1. The first kappa shape index (κ1) is 14.5. The zero-order valence-electron chi connectivity index (χ0n) is 11.3. The van der Waals surface area contributed by atoms with Gasteiger partial charge in [-0.05, 0) is 30.0 Å². The molecule has 1 aromatic carbocycles. The zero-order valence-corrected chi connectivity index (χ0v) is 11.3. The summed E-state index contributed by atoms with van der Waals surface area (Å²) in [5.41, 5.74) is 6.91. The summed E-state index contributed by atoms with van der Waals surface area (Å²) in [6.45, 7) is 4.48. The summed E-state index contributed by atoms with van der Waals surface area (Å²) in [6, 6.07) is 7.38. The van der Waals surface area contributed by atoms with Gasteiger partial charge in [-0.2, -0.15) is 0 Å². The fourth-order valence-electron chi connectivity index (χ4n) is 1.54. The standard InChI is InChI=1S/C14H22N2O2/c1-10(2)13(15)14(17)16-9-8-11-4-6-12(18-3)7-5-11/h4-7,10,13H,8-9,15H2,1-3H3,(H,16,17)/t13-/m0/s1. The molecule has 0 saturated carbocycles. The van der Waals surface area contributed by atoms with E-state index in [9.17, 15) is 4.79 Å². The normalized spacial score (nSPS) is 12.3. The van der Waals surface area contributed by atoms with Crippen molar-refractivity contribution < 1.29 is 9.53 Å². The van der Waals surface area contributed by atoms with Gasteiger partial charge in [-0.3, -0.25) is 4.79 Å². The molecule has 0 aliphatic rings. The minimum atomic E-state index is -0.430. The van der Waals surface area contributed by atoms with E-state index in [4.69, 9.17) is 10.5 Å². The van der Waals surface area contributed by atoms with Crippen molar-refractivity contribution in [1.82, 2.24) is 5.32 Å². The highest BCUT2D eigenvalue weighted by atomic mass is 16.5. The first-order chi connectivity index (χ1) is 8.54. The Morgan fingerprint density at radius 1 is 1.33 bits per heavy atom. The lowest BCUT2D eigenvalue weighted by molar-refractivity contribution is -0.123. The van der Waals surface area contributed by atoms with Crippen LogP contribution in [0.25, 0.3) is 0 Å². The summed E-state index contributed by atoms with van der Waals surface area (Å²) < 4.78 is 5.08. The second-order valence-corrected chi connectivity index (χ2v) is 4.66. The van der Waals surface area contributed by atoms with Crippen LogP contribution in [0.1, 0.15) is 19.4 Å². The molecule has 0 heterocycles. The van der Waals surface area contributed by atoms with Gasteiger partial charge >= 0.3 is 0 Å². The van der Waals surface area contributed by atoms with Crippen LogP contribution in [0.3, 0.4) is 0 Å². The van der Waals surface area contributed by atoms with Crippen LogP contribution >= 0.6 is 0 Å². The van der Waals surface area contributed by atoms with E-state index in [0.717, 1.165) is 17.7 Å². The van der Waals surface area contributed by atoms with Crippen molar-refractivity contribution in [1.29, 1.82) is 0 Å². The number of methoxy groups -OCH3 is 1. The molecular weight excluding hydrogens is 228 g/mol. The van der Waals surface area contributed by atoms with E-state index in [-0.39, 0.29) is 11.8 Å². The number of ether oxygens (including phenoxy) is 1. The molecule has 4 nitrogen and oxygen atoms in total. The molecule has 18 heavy (non-hydrogen) atoms. The summed E-state index contributed by atoms with van der Waals surface area (Å²) in [6.07, 6.45) is 0.792. The maximum Gasteiger partial charge on any atom is 0.237 e. The van der Waals surface area contributed by atoms with Gasteiger partial charge in [0.05, 0.1) is 13.2 Å². The van der Waals surface area contributed by atoms with E-state index in [1.165, 1.54) is 0 Å². The topological polar surface area (TPSA) is 64.3 Å². The van der Waals surface area contributed by atoms with Gasteiger partial charge in [0.1, 0.15) is 5.75 Å². The average molecular weight is 250 g/mol. The molecule has 0 saturated heterocycles. The second-order valence-electron chi connectivity index (χ2n) is 4.66. The Balaban J connectivity index is 2.35. The number of amides is 1. The van der Waals surface area contributed by atoms with E-state index in [1.54, 1.807) is 7.11 Å². The Labute approximate surface area is 109 Å². The van der Waals surface area contributed by atoms with Crippen LogP contribution in [-0.4, -0.2) is 25.6 Å². The van der Waals surface area contributed by atoms with Crippen molar-refractivity contribution in [2.75, 3.05) is 13.7 Å². The van der Waals surface area contributed by atoms with Crippen LogP contribution in [0.15, 0.2) is 24.3 Å². The highest BCUT2D eigenvalue weighted by molar-refractivity contribution is 5.81. The zero-order chi connectivity index (χ0) is 13.5. The highest BCUT2D eigenvalue weighted by Crippen LogP contribution is 2.11. The van der Waals surface area contributed by atoms with Gasteiger partial charge in [0.25, 0.3) is 0 Å². The van der Waals surface area contributed by atoms with E-state index in [2.05, 4.69) is 5.32 Å². The van der Waals surface area contributed by atoms with Crippen LogP contribution < -0.4 is 15.8 Å². The average Bonchev–Trinajstić information content (AvgIpc) is 2.38. The van der Waals surface area contributed by atoms with Gasteiger partial charge < -0.3 is 15.8 Å². The minimum Gasteiger partial charge on any atom is -0.497 e. The van der Waals surface area contributed by atoms with Gasteiger partial charge in [0.15, 0.2) is 0 Å². The molecule has 1 aromatic rings. The summed E-state index contributed by atoms with van der Waals surface area (Å²) in [5, 5.41) is 2.85. The lowest BCUT2D eigenvalue weighted by Gasteiger charge is -2.15. The van der Waals surface area contributed by atoms with Crippen molar-refractivity contribution >= 4 is 5.91 Å². The van der Waals surface area contributed by atoms with Gasteiger partial charge in [-0.15, -0.1) is 0 Å². The first-order valence-electron chi connectivity index (χ1n) is 6.21. The van der Waals surface area contributed by atoms with Gasteiger partial charge in [-0.1, -0.05) is 26.0 Å². The predicted molar refractivity (Wildman–Crippen MR) is 72.5 cm³/mol. The van der Waals surface area contributed by atoms with Crippen LogP contribution in [0.2, 0.25) is 0 Å². The Bertz CT molecular complexity index is 374. The van der Waals surface area contributed by atoms with Gasteiger partial charge in [0.2, 0.25) is 5.91 Å². The van der Waals surface area contributed by atoms with Crippen molar-refractivity contribution in [3.8, 4) is 5.75 Å². The number of hydrogen-bond acceptors (Lipinski definition) is 3. The molecule has 4 heteroatoms. The molecule has 0 spiro atoms. The monoisotopic (exact) mass is 250 g/mol. The molecular formula is C14H22N2O2. The molecule has 0 radical (unpaired) electrons. The van der Waals surface area contributed by atoms with Crippen LogP contribution in [-0.2, 0) is 11.2 Å². The maximum absolute atomic E-state index is 11.6. The van der Waals surface area contributed by atoms with E-state index < -0.39 is 6.04 Å². The Hall–Kier alpha value is -1.55. The molecule has 0 aliphatic heterocycles. The van der Waals surface area contributed by atoms with Gasteiger partial charge in [-0.25, -0.2) is 0 Å². The smallest absolute Gasteiger partial charge is 0.237 e. The Morgan fingerprint density at radius 3 is 2.44 bits per heavy atom. The fourth-order valence-corrected chi connectivity index (χ4v) is 1.54. The third kappa shape index (κ3) is 4.37. The Morgan fingerprint density at radius 2 is 1.94 bits per heavy atom. The molecule has 3 N–H and O–H groups in total. The highest BCUT2D eigenvalue weighted by Gasteiger charge is 2.16. The lowest BCUT2D eigenvalue weighted by atomic mass is 10.0. The van der Waals surface area contributed by atoms with Crippen molar-refractivity contribution in [2.24, 2.45) is 11.7 Å². The number of carbonyl (C=O) groups is 1. The van der Waals surface area contributed by atoms with E-state index in [0.29, 0.717) is 6.54 Å². The molecule has 1 rings (SSSR count).